The Bertz CT molecular complexity index is 763. The van der Waals surface area contributed by atoms with Crippen molar-refractivity contribution in [2.24, 2.45) is 5.73 Å². The van der Waals surface area contributed by atoms with Gasteiger partial charge < -0.3 is 25.6 Å². The standard InChI is InChI=1S/C22H33FN2O6/c1-5-6-7-18(20(27)28)14-10-15(23)12-17(11-14)30-13-16(8-9-19(24)26)25-21(29)31-22(2,3)4/h10-12,16,18H,5-9,13H2,1-4H3,(H2,24,26)(H,25,29)(H,27,28)/t16-,18?/m0/s1. The van der Waals surface area contributed by atoms with Gasteiger partial charge in [0.1, 0.15) is 23.8 Å². The molecule has 0 fully saturated rings. The molecule has 0 bridgehead atoms. The number of rotatable bonds is 12. The van der Waals surface area contributed by atoms with Crippen LogP contribution in [0.3, 0.4) is 0 Å². The number of primary amides is 1. The van der Waals surface area contributed by atoms with Crippen LogP contribution in [0.25, 0.3) is 0 Å². The highest BCUT2D eigenvalue weighted by molar-refractivity contribution is 5.76. The molecule has 1 aromatic carbocycles. The molecule has 0 saturated heterocycles. The summed E-state index contributed by atoms with van der Waals surface area (Å²) in [5.41, 5.74) is 4.80. The maximum atomic E-state index is 14.1. The van der Waals surface area contributed by atoms with Crippen LogP contribution in [0.5, 0.6) is 5.75 Å². The number of nitrogens with two attached hydrogens (primary N) is 1. The number of ether oxygens (including phenoxy) is 2. The highest BCUT2D eigenvalue weighted by Crippen LogP contribution is 2.27. The van der Waals surface area contributed by atoms with Crippen molar-refractivity contribution in [1.29, 1.82) is 0 Å². The molecule has 0 spiro atoms. The number of carboxylic acid groups (broad SMARTS) is 1. The van der Waals surface area contributed by atoms with Crippen molar-refractivity contribution in [3.8, 4) is 5.75 Å². The lowest BCUT2D eigenvalue weighted by atomic mass is 9.93. The van der Waals surface area contributed by atoms with Crippen molar-refractivity contribution in [2.45, 2.75) is 77.4 Å². The van der Waals surface area contributed by atoms with Crippen LogP contribution in [0.1, 0.15) is 71.3 Å². The van der Waals surface area contributed by atoms with E-state index in [4.69, 9.17) is 15.2 Å². The summed E-state index contributed by atoms with van der Waals surface area (Å²) in [6.07, 6.45) is 1.42. The van der Waals surface area contributed by atoms with Gasteiger partial charge in [-0.25, -0.2) is 9.18 Å². The normalized spacial score (nSPS) is 13.2. The first kappa shape index (κ1) is 26.2. The van der Waals surface area contributed by atoms with Crippen molar-refractivity contribution in [2.75, 3.05) is 6.61 Å². The van der Waals surface area contributed by atoms with E-state index in [1.54, 1.807) is 20.8 Å². The summed E-state index contributed by atoms with van der Waals surface area (Å²) in [6.45, 7) is 7.01. The van der Waals surface area contributed by atoms with E-state index in [-0.39, 0.29) is 25.2 Å². The third kappa shape index (κ3) is 10.7. The SMILES string of the molecule is CCCCC(C(=O)O)c1cc(F)cc(OC[C@H](CCC(N)=O)NC(=O)OC(C)(C)C)c1. The van der Waals surface area contributed by atoms with E-state index in [1.165, 1.54) is 12.1 Å². The maximum Gasteiger partial charge on any atom is 0.407 e. The Kier molecular flexibility index (Phi) is 10.2. The van der Waals surface area contributed by atoms with Crippen molar-refractivity contribution in [1.82, 2.24) is 5.32 Å². The minimum absolute atomic E-state index is 0.0102. The molecule has 8 nitrogen and oxygen atoms in total. The molecule has 0 aliphatic rings. The van der Waals surface area contributed by atoms with E-state index < -0.39 is 41.3 Å². The zero-order chi connectivity index (χ0) is 23.6. The minimum atomic E-state index is -1.03. The molecule has 174 valence electrons. The number of amides is 2. The van der Waals surface area contributed by atoms with E-state index >= 15 is 0 Å². The zero-order valence-corrected chi connectivity index (χ0v) is 18.6. The molecule has 2 atom stereocenters. The van der Waals surface area contributed by atoms with Gasteiger partial charge >= 0.3 is 12.1 Å². The summed E-state index contributed by atoms with van der Waals surface area (Å²) in [6, 6.07) is 3.19. The number of carbonyl (C=O) groups is 3. The molecule has 0 heterocycles. The molecule has 0 aliphatic carbocycles. The number of halogens is 1. The predicted molar refractivity (Wildman–Crippen MR) is 113 cm³/mol. The lowest BCUT2D eigenvalue weighted by molar-refractivity contribution is -0.139. The topological polar surface area (TPSA) is 128 Å². The molecule has 1 rings (SSSR count). The van der Waals surface area contributed by atoms with Crippen LogP contribution in [0.4, 0.5) is 9.18 Å². The first-order valence-corrected chi connectivity index (χ1v) is 10.3. The Morgan fingerprint density at radius 2 is 1.87 bits per heavy atom. The lowest BCUT2D eigenvalue weighted by Gasteiger charge is -2.24. The van der Waals surface area contributed by atoms with Gasteiger partial charge in [-0.1, -0.05) is 19.8 Å². The van der Waals surface area contributed by atoms with Crippen LogP contribution in [0, 0.1) is 5.82 Å². The molecule has 2 amide bonds. The quantitative estimate of drug-likeness (QED) is 0.454. The van der Waals surface area contributed by atoms with Gasteiger partial charge in [-0.3, -0.25) is 9.59 Å². The number of unbranched alkanes of at least 4 members (excludes halogenated alkanes) is 1. The van der Waals surface area contributed by atoms with Gasteiger partial charge in [0.2, 0.25) is 5.91 Å². The first-order chi connectivity index (χ1) is 14.4. The summed E-state index contributed by atoms with van der Waals surface area (Å²) in [7, 11) is 0. The van der Waals surface area contributed by atoms with Crippen molar-refractivity contribution in [3.05, 3.63) is 29.6 Å². The molecule has 31 heavy (non-hydrogen) atoms. The van der Waals surface area contributed by atoms with Gasteiger partial charge in [0, 0.05) is 12.5 Å². The minimum Gasteiger partial charge on any atom is -0.491 e. The van der Waals surface area contributed by atoms with Crippen LogP contribution in [-0.2, 0) is 14.3 Å². The molecular weight excluding hydrogens is 407 g/mol. The van der Waals surface area contributed by atoms with Gasteiger partial charge in [0.05, 0.1) is 12.0 Å². The Morgan fingerprint density at radius 3 is 2.42 bits per heavy atom. The molecular formula is C22H33FN2O6. The third-order valence-electron chi connectivity index (χ3n) is 4.35. The summed E-state index contributed by atoms with van der Waals surface area (Å²) >= 11 is 0. The van der Waals surface area contributed by atoms with Crippen LogP contribution in [0.2, 0.25) is 0 Å². The summed E-state index contributed by atoms with van der Waals surface area (Å²) in [4.78, 5) is 34.8. The van der Waals surface area contributed by atoms with Crippen molar-refractivity contribution in [3.63, 3.8) is 0 Å². The molecule has 0 saturated carbocycles. The van der Waals surface area contributed by atoms with E-state index in [1.807, 2.05) is 6.92 Å². The van der Waals surface area contributed by atoms with E-state index in [9.17, 15) is 23.9 Å². The fourth-order valence-corrected chi connectivity index (χ4v) is 2.89. The number of aliphatic carboxylic acids is 1. The van der Waals surface area contributed by atoms with Crippen LogP contribution >= 0.6 is 0 Å². The number of benzene rings is 1. The molecule has 9 heteroatoms. The second kappa shape index (κ2) is 12.1. The molecule has 1 unspecified atom stereocenters. The van der Waals surface area contributed by atoms with Gasteiger partial charge in [-0.15, -0.1) is 0 Å². The Hall–Kier alpha value is -2.84. The van der Waals surface area contributed by atoms with E-state index in [2.05, 4.69) is 5.32 Å². The fourth-order valence-electron chi connectivity index (χ4n) is 2.89. The molecule has 4 N–H and O–H groups in total. The highest BCUT2D eigenvalue weighted by Gasteiger charge is 2.23. The Balaban J connectivity index is 2.92. The van der Waals surface area contributed by atoms with Crippen molar-refractivity contribution < 1.29 is 33.4 Å². The van der Waals surface area contributed by atoms with E-state index in [0.29, 0.717) is 18.4 Å². The van der Waals surface area contributed by atoms with Gasteiger partial charge in [0.25, 0.3) is 0 Å². The monoisotopic (exact) mass is 440 g/mol. The largest absolute Gasteiger partial charge is 0.491 e. The molecule has 0 aliphatic heterocycles. The van der Waals surface area contributed by atoms with Crippen molar-refractivity contribution >= 4 is 18.0 Å². The van der Waals surface area contributed by atoms with Crippen LogP contribution in [0.15, 0.2) is 18.2 Å². The number of hydrogen-bond acceptors (Lipinski definition) is 5. The fraction of sp³-hybridized carbons (Fsp3) is 0.591. The smallest absolute Gasteiger partial charge is 0.407 e. The zero-order valence-electron chi connectivity index (χ0n) is 18.6. The molecule has 1 aromatic rings. The summed E-state index contributed by atoms with van der Waals surface area (Å²) in [5, 5.41) is 12.1. The predicted octanol–water partition coefficient (Wildman–Crippen LogP) is 3.72. The summed E-state index contributed by atoms with van der Waals surface area (Å²) in [5.74, 6) is -2.90. The number of nitrogens with one attached hydrogen (secondary N) is 1. The first-order valence-electron chi connectivity index (χ1n) is 10.3. The van der Waals surface area contributed by atoms with Crippen LogP contribution < -0.4 is 15.8 Å². The number of hydrogen-bond donors (Lipinski definition) is 3. The third-order valence-corrected chi connectivity index (χ3v) is 4.35. The maximum absolute atomic E-state index is 14.1. The molecule has 0 aromatic heterocycles. The van der Waals surface area contributed by atoms with Gasteiger partial charge in [-0.2, -0.15) is 0 Å². The average Bonchev–Trinajstić information content (AvgIpc) is 2.62. The van der Waals surface area contributed by atoms with Gasteiger partial charge in [-0.05, 0) is 51.3 Å². The average molecular weight is 441 g/mol. The Morgan fingerprint density at radius 1 is 1.19 bits per heavy atom. The second-order valence-corrected chi connectivity index (χ2v) is 8.41. The molecule has 0 radical (unpaired) electrons. The highest BCUT2D eigenvalue weighted by atomic mass is 19.1. The second-order valence-electron chi connectivity index (χ2n) is 8.41. The number of alkyl carbamates (subject to hydrolysis) is 1. The summed E-state index contributed by atoms with van der Waals surface area (Å²) < 4.78 is 25.0. The number of carbonyl (C=O) groups excluding carboxylic acids is 2. The van der Waals surface area contributed by atoms with E-state index in [0.717, 1.165) is 12.5 Å². The van der Waals surface area contributed by atoms with Gasteiger partial charge in [0.15, 0.2) is 0 Å². The lowest BCUT2D eigenvalue weighted by Crippen LogP contribution is -2.42. The number of carboxylic acids is 1. The Labute approximate surface area is 182 Å². The van der Waals surface area contributed by atoms with Crippen LogP contribution in [-0.4, -0.2) is 41.3 Å².